The summed E-state index contributed by atoms with van der Waals surface area (Å²) in [6, 6.07) is 8.57. The number of alkyl halides is 3. The maximum atomic E-state index is 13.8. The number of amides is 1. The van der Waals surface area contributed by atoms with Crippen LogP contribution in [0.3, 0.4) is 0 Å². The van der Waals surface area contributed by atoms with Crippen molar-refractivity contribution in [1.29, 1.82) is 0 Å². The van der Waals surface area contributed by atoms with Gasteiger partial charge in [-0.25, -0.2) is 9.78 Å². The maximum absolute atomic E-state index is 13.8. The lowest BCUT2D eigenvalue weighted by atomic mass is 9.90. The highest BCUT2D eigenvalue weighted by Gasteiger charge is 2.62. The maximum Gasteiger partial charge on any atom is 0.445 e. The Morgan fingerprint density at radius 3 is 2.69 bits per heavy atom. The highest BCUT2D eigenvalue weighted by molar-refractivity contribution is 6.30. The third kappa shape index (κ3) is 3.30. The topological polar surface area (TPSA) is 51.2 Å². The van der Waals surface area contributed by atoms with Crippen molar-refractivity contribution >= 4 is 23.4 Å². The zero-order chi connectivity index (χ0) is 18.8. The Morgan fingerprint density at radius 1 is 1.19 bits per heavy atom. The number of benzene rings is 1. The van der Waals surface area contributed by atoms with Crippen molar-refractivity contribution < 1.29 is 22.7 Å². The molecule has 0 spiro atoms. The van der Waals surface area contributed by atoms with E-state index < -0.39 is 23.4 Å². The van der Waals surface area contributed by atoms with Gasteiger partial charge in [-0.3, -0.25) is 5.32 Å². The third-order valence-electron chi connectivity index (χ3n) is 3.40. The molecule has 2 heterocycles. The number of nitrogens with one attached hydrogen (secondary N) is 1. The van der Waals surface area contributed by atoms with Crippen molar-refractivity contribution in [3.8, 4) is 23.7 Å². The Bertz CT molecular complexity index is 985. The molecule has 8 heteroatoms. The summed E-state index contributed by atoms with van der Waals surface area (Å²) >= 11 is 5.81. The predicted octanol–water partition coefficient (Wildman–Crippen LogP) is 4.11. The molecule has 1 atom stereocenters. The molecule has 1 amide bonds. The van der Waals surface area contributed by atoms with E-state index in [1.807, 2.05) is 5.92 Å². The van der Waals surface area contributed by atoms with Crippen LogP contribution in [-0.2, 0) is 10.3 Å². The molecule has 4 nitrogen and oxygen atoms in total. The van der Waals surface area contributed by atoms with Gasteiger partial charge in [-0.15, -0.1) is 0 Å². The molecule has 1 aliphatic rings. The van der Waals surface area contributed by atoms with Crippen LogP contribution in [0.15, 0.2) is 42.6 Å². The smallest absolute Gasteiger partial charge is 0.415 e. The van der Waals surface area contributed by atoms with Gasteiger partial charge in [-0.2, -0.15) is 13.2 Å². The van der Waals surface area contributed by atoms with Crippen LogP contribution in [0.2, 0.25) is 5.02 Å². The van der Waals surface area contributed by atoms with Gasteiger partial charge in [-0.1, -0.05) is 17.7 Å². The van der Waals surface area contributed by atoms with E-state index in [2.05, 4.69) is 32.8 Å². The summed E-state index contributed by atoms with van der Waals surface area (Å²) in [4.78, 5) is 15.6. The molecule has 130 valence electrons. The van der Waals surface area contributed by atoms with Crippen molar-refractivity contribution in [2.24, 2.45) is 0 Å². The number of anilines is 1. The Hall–Kier alpha value is -3.16. The number of rotatable bonds is 0. The Labute approximate surface area is 151 Å². The second kappa shape index (κ2) is 6.62. The minimum atomic E-state index is -5.01. The predicted molar refractivity (Wildman–Crippen MR) is 88.2 cm³/mol. The minimum absolute atomic E-state index is 0.0403. The Kier molecular flexibility index (Phi) is 4.50. The van der Waals surface area contributed by atoms with E-state index in [1.165, 1.54) is 18.3 Å². The van der Waals surface area contributed by atoms with Gasteiger partial charge in [0.2, 0.25) is 0 Å². The van der Waals surface area contributed by atoms with Crippen molar-refractivity contribution in [1.82, 2.24) is 4.98 Å². The first-order valence-electron chi connectivity index (χ1n) is 7.13. The molecule has 0 aliphatic carbocycles. The molecule has 0 saturated heterocycles. The number of halogens is 4. The SMILES string of the molecule is O=C1Nc2ccc(Cl)cc2[C@@](C#CC#Cc2ccccn2)(C(F)(F)F)O1. The number of ether oxygens (including phenoxy) is 1. The van der Waals surface area contributed by atoms with Gasteiger partial charge >= 0.3 is 12.3 Å². The lowest BCUT2D eigenvalue weighted by molar-refractivity contribution is -0.239. The van der Waals surface area contributed by atoms with Crippen molar-refractivity contribution in [3.05, 3.63) is 58.9 Å². The summed E-state index contributed by atoms with van der Waals surface area (Å²) in [5.74, 6) is 8.86. The van der Waals surface area contributed by atoms with Crippen LogP contribution in [0.1, 0.15) is 11.3 Å². The van der Waals surface area contributed by atoms with Crippen LogP contribution in [0.25, 0.3) is 0 Å². The highest BCUT2D eigenvalue weighted by atomic mass is 35.5. The summed E-state index contributed by atoms with van der Waals surface area (Å²) < 4.78 is 46.0. The van der Waals surface area contributed by atoms with E-state index in [4.69, 9.17) is 11.6 Å². The first kappa shape index (κ1) is 17.7. The lowest BCUT2D eigenvalue weighted by Gasteiger charge is -2.35. The van der Waals surface area contributed by atoms with E-state index in [0.29, 0.717) is 5.69 Å². The van der Waals surface area contributed by atoms with E-state index in [9.17, 15) is 18.0 Å². The molecule has 1 aromatic carbocycles. The molecule has 0 saturated carbocycles. The number of aromatic nitrogens is 1. The van der Waals surface area contributed by atoms with Gasteiger partial charge < -0.3 is 4.74 Å². The van der Waals surface area contributed by atoms with Gasteiger partial charge in [0.05, 0.1) is 5.69 Å². The van der Waals surface area contributed by atoms with Crippen molar-refractivity contribution in [3.63, 3.8) is 0 Å². The van der Waals surface area contributed by atoms with Crippen LogP contribution in [-0.4, -0.2) is 17.3 Å². The van der Waals surface area contributed by atoms with Crippen LogP contribution >= 0.6 is 11.6 Å². The molecule has 0 fully saturated rings. The van der Waals surface area contributed by atoms with Gasteiger partial charge in [0.25, 0.3) is 5.60 Å². The third-order valence-corrected chi connectivity index (χ3v) is 3.63. The van der Waals surface area contributed by atoms with Crippen LogP contribution in [0.4, 0.5) is 23.7 Å². The van der Waals surface area contributed by atoms with E-state index in [-0.39, 0.29) is 10.7 Å². The van der Waals surface area contributed by atoms with Gasteiger partial charge in [0, 0.05) is 16.8 Å². The molecule has 3 rings (SSSR count). The van der Waals surface area contributed by atoms with Crippen LogP contribution in [0.5, 0.6) is 0 Å². The number of nitrogens with zero attached hydrogens (tertiary/aromatic N) is 1. The van der Waals surface area contributed by atoms with E-state index in [1.54, 1.807) is 18.2 Å². The van der Waals surface area contributed by atoms with E-state index >= 15 is 0 Å². The Morgan fingerprint density at radius 2 is 2.00 bits per heavy atom. The molecule has 2 aromatic rings. The van der Waals surface area contributed by atoms with Gasteiger partial charge in [-0.05, 0) is 54.0 Å². The summed E-state index contributed by atoms with van der Waals surface area (Å²) in [5.41, 5.74) is -3.33. The monoisotopic (exact) mass is 376 g/mol. The zero-order valence-corrected chi connectivity index (χ0v) is 13.6. The number of cyclic esters (lactones) is 1. The van der Waals surface area contributed by atoms with E-state index in [0.717, 1.165) is 6.07 Å². The normalized spacial score (nSPS) is 18.2. The molecule has 0 radical (unpaired) electrons. The molecule has 0 bridgehead atoms. The molecule has 1 aliphatic heterocycles. The molecular weight excluding hydrogens is 369 g/mol. The summed E-state index contributed by atoms with van der Waals surface area (Å²) in [6.45, 7) is 0. The number of pyridine rings is 1. The molecule has 0 unspecified atom stereocenters. The Balaban J connectivity index is 2.11. The average molecular weight is 377 g/mol. The fraction of sp³-hybridized carbons (Fsp3) is 0.111. The highest BCUT2D eigenvalue weighted by Crippen LogP contribution is 2.47. The van der Waals surface area contributed by atoms with Crippen LogP contribution < -0.4 is 5.32 Å². The van der Waals surface area contributed by atoms with Crippen LogP contribution in [0, 0.1) is 23.7 Å². The quantitative estimate of drug-likeness (QED) is 0.704. The second-order valence-corrected chi connectivity index (χ2v) is 5.53. The second-order valence-electron chi connectivity index (χ2n) is 5.10. The summed E-state index contributed by atoms with van der Waals surface area (Å²) in [6.07, 6.45) is -4.80. The number of hydrogen-bond acceptors (Lipinski definition) is 3. The minimum Gasteiger partial charge on any atom is -0.415 e. The zero-order valence-electron chi connectivity index (χ0n) is 12.8. The van der Waals surface area contributed by atoms with Gasteiger partial charge in [0.15, 0.2) is 0 Å². The number of carbonyl (C=O) groups excluding carboxylic acids is 1. The fourth-order valence-corrected chi connectivity index (χ4v) is 2.44. The van der Waals surface area contributed by atoms with Crippen molar-refractivity contribution in [2.75, 3.05) is 5.32 Å². The van der Waals surface area contributed by atoms with Crippen molar-refractivity contribution in [2.45, 2.75) is 11.8 Å². The molecule has 1 aromatic heterocycles. The molecule has 26 heavy (non-hydrogen) atoms. The fourth-order valence-electron chi connectivity index (χ4n) is 2.27. The molecule has 1 N–H and O–H groups in total. The molecular formula is C18H8ClF3N2O2. The first-order valence-corrected chi connectivity index (χ1v) is 7.50. The average Bonchev–Trinajstić information content (AvgIpc) is 2.59. The summed E-state index contributed by atoms with van der Waals surface area (Å²) in [7, 11) is 0. The first-order chi connectivity index (χ1) is 12.3. The standard InChI is InChI=1S/C18H8ClF3N2O2/c19-12-7-8-15-14(11-12)17(18(20,21)22,26-16(25)24-15)9-3-1-5-13-6-2-4-10-23-13/h2,4,6-8,10-11H,(H,24,25)/t17-/m0/s1. The number of hydrogen-bond donors (Lipinski definition) is 1. The lowest BCUT2D eigenvalue weighted by Crippen LogP contribution is -2.49. The number of fused-ring (bicyclic) bond motifs is 1. The largest absolute Gasteiger partial charge is 0.445 e. The van der Waals surface area contributed by atoms with Gasteiger partial charge in [0.1, 0.15) is 5.69 Å². The summed E-state index contributed by atoms with van der Waals surface area (Å²) in [5, 5.41) is 2.24. The number of carbonyl (C=O) groups is 1.